The number of esters is 1. The first-order valence-corrected chi connectivity index (χ1v) is 6.15. The van der Waals surface area contributed by atoms with Gasteiger partial charge in [-0.1, -0.05) is 0 Å². The van der Waals surface area contributed by atoms with E-state index in [2.05, 4.69) is 10.3 Å². The van der Waals surface area contributed by atoms with E-state index in [0.29, 0.717) is 29.2 Å². The van der Waals surface area contributed by atoms with Crippen LogP contribution in [0.15, 0.2) is 6.07 Å². The lowest BCUT2D eigenvalue weighted by Gasteiger charge is -2.22. The van der Waals surface area contributed by atoms with Gasteiger partial charge in [-0.2, -0.15) is 5.26 Å². The summed E-state index contributed by atoms with van der Waals surface area (Å²) >= 11 is 0. The van der Waals surface area contributed by atoms with Crippen molar-refractivity contribution in [2.75, 3.05) is 11.9 Å². The Labute approximate surface area is 113 Å². The van der Waals surface area contributed by atoms with Crippen molar-refractivity contribution in [2.45, 2.75) is 40.2 Å². The number of rotatable bonds is 3. The van der Waals surface area contributed by atoms with Crippen molar-refractivity contribution in [1.29, 1.82) is 5.26 Å². The number of carbonyl (C=O) groups excluding carboxylic acids is 1. The Morgan fingerprint density at radius 1 is 1.53 bits per heavy atom. The molecule has 0 aliphatic carbocycles. The van der Waals surface area contributed by atoms with Crippen molar-refractivity contribution < 1.29 is 9.53 Å². The highest BCUT2D eigenvalue weighted by Gasteiger charge is 2.18. The number of nitrogens with zero attached hydrogens (tertiary/aromatic N) is 2. The Bertz CT molecular complexity index is 525. The topological polar surface area (TPSA) is 75.0 Å². The van der Waals surface area contributed by atoms with Crippen LogP contribution in [0.2, 0.25) is 0 Å². The van der Waals surface area contributed by atoms with Crippen LogP contribution < -0.4 is 5.32 Å². The van der Waals surface area contributed by atoms with Gasteiger partial charge >= 0.3 is 5.97 Å². The van der Waals surface area contributed by atoms with E-state index in [1.165, 1.54) is 6.07 Å². The zero-order valence-electron chi connectivity index (χ0n) is 12.0. The van der Waals surface area contributed by atoms with E-state index in [-0.39, 0.29) is 5.54 Å². The maximum atomic E-state index is 11.7. The van der Waals surface area contributed by atoms with Gasteiger partial charge in [0, 0.05) is 5.54 Å². The van der Waals surface area contributed by atoms with Gasteiger partial charge in [0.15, 0.2) is 0 Å². The van der Waals surface area contributed by atoms with E-state index in [4.69, 9.17) is 10.00 Å². The van der Waals surface area contributed by atoms with Crippen molar-refractivity contribution in [1.82, 2.24) is 4.98 Å². The smallest absolute Gasteiger partial charge is 0.340 e. The number of aryl methyl sites for hydroxylation is 1. The van der Waals surface area contributed by atoms with Crippen LogP contribution in [0.25, 0.3) is 0 Å². The van der Waals surface area contributed by atoms with Gasteiger partial charge in [-0.3, -0.25) is 0 Å². The molecule has 19 heavy (non-hydrogen) atoms. The minimum atomic E-state index is -0.452. The third kappa shape index (κ3) is 3.95. The number of nitriles is 1. The second-order valence-electron chi connectivity index (χ2n) is 5.22. The number of nitrogens with one attached hydrogen (secondary N) is 1. The summed E-state index contributed by atoms with van der Waals surface area (Å²) < 4.78 is 4.94. The summed E-state index contributed by atoms with van der Waals surface area (Å²) in [7, 11) is 0. The lowest BCUT2D eigenvalue weighted by molar-refractivity contribution is 0.0525. The highest BCUT2D eigenvalue weighted by atomic mass is 16.5. The standard InChI is InChI=1S/C14H19N3O2/c1-6-19-13(18)11-7-10(8-15)12(16-9(11)2)17-14(3,4)5/h7H,6H2,1-5H3,(H,16,17). The van der Waals surface area contributed by atoms with E-state index >= 15 is 0 Å². The third-order valence-electron chi connectivity index (χ3n) is 2.32. The molecule has 0 aliphatic rings. The molecule has 1 aromatic heterocycles. The minimum Gasteiger partial charge on any atom is -0.462 e. The summed E-state index contributed by atoms with van der Waals surface area (Å²) in [6.07, 6.45) is 0. The van der Waals surface area contributed by atoms with Crippen LogP contribution in [0, 0.1) is 18.3 Å². The van der Waals surface area contributed by atoms with Crippen LogP contribution >= 0.6 is 0 Å². The van der Waals surface area contributed by atoms with Crippen LogP contribution in [0.3, 0.4) is 0 Å². The molecular formula is C14H19N3O2. The molecule has 0 saturated heterocycles. The molecule has 1 heterocycles. The maximum Gasteiger partial charge on any atom is 0.340 e. The van der Waals surface area contributed by atoms with Gasteiger partial charge in [0.25, 0.3) is 0 Å². The summed E-state index contributed by atoms with van der Waals surface area (Å²) in [4.78, 5) is 16.0. The SMILES string of the molecule is CCOC(=O)c1cc(C#N)c(NC(C)(C)C)nc1C. The Hall–Kier alpha value is -2.09. The molecule has 1 aromatic rings. The fraction of sp³-hybridized carbons (Fsp3) is 0.500. The number of hydrogen-bond acceptors (Lipinski definition) is 5. The molecule has 5 heteroatoms. The van der Waals surface area contributed by atoms with E-state index in [1.807, 2.05) is 26.8 Å². The molecule has 102 valence electrons. The number of hydrogen-bond donors (Lipinski definition) is 1. The van der Waals surface area contributed by atoms with E-state index in [9.17, 15) is 4.79 Å². The zero-order valence-corrected chi connectivity index (χ0v) is 12.0. The third-order valence-corrected chi connectivity index (χ3v) is 2.32. The molecule has 5 nitrogen and oxygen atoms in total. The molecule has 0 amide bonds. The van der Waals surface area contributed by atoms with Gasteiger partial charge in [-0.05, 0) is 40.7 Å². The van der Waals surface area contributed by atoms with Crippen molar-refractivity contribution in [3.63, 3.8) is 0 Å². The molecule has 0 unspecified atom stereocenters. The summed E-state index contributed by atoms with van der Waals surface area (Å²) in [6, 6.07) is 3.57. The van der Waals surface area contributed by atoms with Gasteiger partial charge < -0.3 is 10.1 Å². The quantitative estimate of drug-likeness (QED) is 0.846. The number of carbonyl (C=O) groups is 1. The van der Waals surface area contributed by atoms with Gasteiger partial charge in [0.05, 0.1) is 23.4 Å². The molecular weight excluding hydrogens is 242 g/mol. The van der Waals surface area contributed by atoms with Crippen LogP contribution in [-0.4, -0.2) is 23.1 Å². The van der Waals surface area contributed by atoms with E-state index in [0.717, 1.165) is 0 Å². The van der Waals surface area contributed by atoms with Crippen LogP contribution in [0.5, 0.6) is 0 Å². The normalized spacial score (nSPS) is 10.7. The molecule has 1 rings (SSSR count). The zero-order chi connectivity index (χ0) is 14.6. The fourth-order valence-electron chi connectivity index (χ4n) is 1.56. The van der Waals surface area contributed by atoms with Gasteiger partial charge in [0.2, 0.25) is 0 Å². The molecule has 0 spiro atoms. The number of anilines is 1. The number of aromatic nitrogens is 1. The predicted molar refractivity (Wildman–Crippen MR) is 73.0 cm³/mol. The van der Waals surface area contributed by atoms with Crippen LogP contribution in [0.1, 0.15) is 49.3 Å². The van der Waals surface area contributed by atoms with E-state index in [1.54, 1.807) is 13.8 Å². The predicted octanol–water partition coefficient (Wildman–Crippen LogP) is 2.65. The lowest BCUT2D eigenvalue weighted by Crippen LogP contribution is -2.27. The van der Waals surface area contributed by atoms with Crippen LogP contribution in [-0.2, 0) is 4.74 Å². The van der Waals surface area contributed by atoms with Crippen molar-refractivity contribution in [3.8, 4) is 6.07 Å². The molecule has 0 saturated carbocycles. The Kier molecular flexibility index (Phi) is 4.49. The van der Waals surface area contributed by atoms with Gasteiger partial charge in [-0.15, -0.1) is 0 Å². The molecule has 0 radical (unpaired) electrons. The molecule has 1 N–H and O–H groups in total. The molecule has 0 atom stereocenters. The molecule has 0 bridgehead atoms. The lowest BCUT2D eigenvalue weighted by atomic mass is 10.1. The highest BCUT2D eigenvalue weighted by Crippen LogP contribution is 2.21. The molecule has 0 aliphatic heterocycles. The second kappa shape index (κ2) is 5.70. The fourth-order valence-corrected chi connectivity index (χ4v) is 1.56. The monoisotopic (exact) mass is 261 g/mol. The number of pyridine rings is 1. The minimum absolute atomic E-state index is 0.212. The largest absolute Gasteiger partial charge is 0.462 e. The summed E-state index contributed by atoms with van der Waals surface area (Å²) in [6.45, 7) is 9.68. The van der Waals surface area contributed by atoms with Gasteiger partial charge in [0.1, 0.15) is 11.9 Å². The first-order chi connectivity index (χ1) is 8.78. The highest BCUT2D eigenvalue weighted by molar-refractivity contribution is 5.91. The Balaban J connectivity index is 3.22. The van der Waals surface area contributed by atoms with Crippen molar-refractivity contribution in [3.05, 3.63) is 22.9 Å². The first-order valence-electron chi connectivity index (χ1n) is 6.15. The van der Waals surface area contributed by atoms with E-state index < -0.39 is 5.97 Å². The van der Waals surface area contributed by atoms with Crippen molar-refractivity contribution in [2.24, 2.45) is 0 Å². The average molecular weight is 261 g/mol. The summed E-state index contributed by atoms with van der Waals surface area (Å²) in [5.41, 5.74) is 1.00. The second-order valence-corrected chi connectivity index (χ2v) is 5.22. The number of ether oxygens (including phenoxy) is 1. The Morgan fingerprint density at radius 2 is 2.16 bits per heavy atom. The molecule has 0 aromatic carbocycles. The first kappa shape index (κ1) is 15.0. The summed E-state index contributed by atoms with van der Waals surface area (Å²) in [5, 5.41) is 12.3. The van der Waals surface area contributed by atoms with Crippen LogP contribution in [0.4, 0.5) is 5.82 Å². The van der Waals surface area contributed by atoms with Gasteiger partial charge in [-0.25, -0.2) is 9.78 Å². The molecule has 0 fully saturated rings. The Morgan fingerprint density at radius 3 is 2.63 bits per heavy atom. The maximum absolute atomic E-state index is 11.7. The van der Waals surface area contributed by atoms with Crippen molar-refractivity contribution >= 4 is 11.8 Å². The summed E-state index contributed by atoms with van der Waals surface area (Å²) in [5.74, 6) is 0.0341. The average Bonchev–Trinajstić information content (AvgIpc) is 2.27.